The lowest BCUT2D eigenvalue weighted by Crippen LogP contribution is -2.38. The van der Waals surface area contributed by atoms with E-state index in [0.29, 0.717) is 5.56 Å². The Bertz CT molecular complexity index is 755. The van der Waals surface area contributed by atoms with Crippen molar-refractivity contribution in [3.8, 4) is 0 Å². The number of carbonyl (C=O) groups is 2. The molecule has 1 unspecified atom stereocenters. The minimum Gasteiger partial charge on any atom is -0.459 e. The van der Waals surface area contributed by atoms with Gasteiger partial charge >= 0.3 is 11.9 Å². The topological polar surface area (TPSA) is 87.8 Å². The Kier molecular flexibility index (Phi) is 5.60. The molecule has 1 fully saturated rings. The van der Waals surface area contributed by atoms with Gasteiger partial charge in [0, 0.05) is 0 Å². The molecule has 0 amide bonds. The molecule has 1 heterocycles. The maximum atomic E-state index is 14.3. The van der Waals surface area contributed by atoms with Crippen LogP contribution in [0, 0.1) is 0 Å². The lowest BCUT2D eigenvalue weighted by molar-refractivity contribution is -0.0417. The zero-order valence-corrected chi connectivity index (χ0v) is 13.8. The van der Waals surface area contributed by atoms with Crippen molar-refractivity contribution >= 4 is 11.9 Å². The number of benzene rings is 2. The maximum Gasteiger partial charge on any atom is 0.338 e. The van der Waals surface area contributed by atoms with Crippen LogP contribution in [0.25, 0.3) is 0 Å². The molecule has 4 atom stereocenters. The summed E-state index contributed by atoms with van der Waals surface area (Å²) in [5.74, 6) is -1.28. The summed E-state index contributed by atoms with van der Waals surface area (Å²) < 4.78 is 29.9. The molecule has 3 rings (SSSR count). The third-order valence-electron chi connectivity index (χ3n) is 3.97. The number of esters is 2. The number of rotatable bonds is 5. The summed E-state index contributed by atoms with van der Waals surface area (Å²) in [5, 5.41) is 0. The van der Waals surface area contributed by atoms with E-state index in [1.807, 2.05) is 0 Å². The first-order valence-electron chi connectivity index (χ1n) is 8.09. The lowest BCUT2D eigenvalue weighted by Gasteiger charge is -2.19. The number of hydrogen-bond acceptors (Lipinski definition) is 6. The molecule has 1 aliphatic rings. The predicted octanol–water partition coefficient (Wildman–Crippen LogP) is 2.09. The van der Waals surface area contributed by atoms with Crippen LogP contribution in [0.2, 0.25) is 0 Å². The van der Waals surface area contributed by atoms with E-state index in [0.717, 1.165) is 0 Å². The second-order valence-electron chi connectivity index (χ2n) is 5.78. The zero-order valence-electron chi connectivity index (χ0n) is 13.8. The summed E-state index contributed by atoms with van der Waals surface area (Å²) >= 11 is 0. The van der Waals surface area contributed by atoms with Gasteiger partial charge in [-0.2, -0.15) is 0 Å². The van der Waals surface area contributed by atoms with Crippen LogP contribution < -0.4 is 5.73 Å². The van der Waals surface area contributed by atoms with Gasteiger partial charge in [-0.15, -0.1) is 0 Å². The molecule has 0 aromatic heterocycles. The first-order valence-corrected chi connectivity index (χ1v) is 8.09. The van der Waals surface area contributed by atoms with E-state index in [1.165, 1.54) is 0 Å². The van der Waals surface area contributed by atoms with E-state index in [-0.39, 0.29) is 12.2 Å². The average molecular weight is 359 g/mol. The second kappa shape index (κ2) is 8.07. The minimum absolute atomic E-state index is 0.278. The van der Waals surface area contributed by atoms with Crippen LogP contribution in [-0.2, 0) is 14.2 Å². The van der Waals surface area contributed by atoms with Crippen molar-refractivity contribution in [2.45, 2.75) is 24.6 Å². The Morgan fingerprint density at radius 3 is 2.08 bits per heavy atom. The largest absolute Gasteiger partial charge is 0.459 e. The van der Waals surface area contributed by atoms with E-state index in [1.54, 1.807) is 60.7 Å². The third kappa shape index (κ3) is 4.07. The number of carbonyl (C=O) groups excluding carboxylic acids is 2. The summed E-state index contributed by atoms with van der Waals surface area (Å²) in [7, 11) is 0. The molecule has 0 saturated carbocycles. The molecule has 2 aromatic rings. The van der Waals surface area contributed by atoms with Crippen molar-refractivity contribution in [3.05, 3.63) is 71.8 Å². The molecule has 1 saturated heterocycles. The average Bonchev–Trinajstić information content (AvgIpc) is 2.95. The van der Waals surface area contributed by atoms with Crippen molar-refractivity contribution in [3.63, 3.8) is 0 Å². The summed E-state index contributed by atoms with van der Waals surface area (Å²) in [6.45, 7) is -0.283. The van der Waals surface area contributed by atoms with E-state index in [4.69, 9.17) is 19.9 Å². The second-order valence-corrected chi connectivity index (χ2v) is 5.78. The van der Waals surface area contributed by atoms with Gasteiger partial charge in [-0.3, -0.25) is 0 Å². The van der Waals surface area contributed by atoms with Crippen LogP contribution in [-0.4, -0.2) is 43.2 Å². The fourth-order valence-corrected chi connectivity index (χ4v) is 2.60. The minimum atomic E-state index is -1.72. The molecule has 2 aromatic carbocycles. The van der Waals surface area contributed by atoms with Crippen LogP contribution >= 0.6 is 0 Å². The van der Waals surface area contributed by atoms with Gasteiger partial charge in [-0.1, -0.05) is 36.4 Å². The van der Waals surface area contributed by atoms with E-state index in [9.17, 15) is 14.0 Å². The smallest absolute Gasteiger partial charge is 0.338 e. The standard InChI is InChI=1S/C19H18FNO5/c20-15-16(26-19(23)13-9-5-2-6-10-13)14(25-17(15)21)11-24-18(22)12-7-3-1-4-8-12/h1-10,14-17H,11,21H2/t14-,15-,16-,17?/m1/s1. The highest BCUT2D eigenvalue weighted by molar-refractivity contribution is 5.90. The predicted molar refractivity (Wildman–Crippen MR) is 90.1 cm³/mol. The normalized spacial score (nSPS) is 24.8. The molecule has 7 heteroatoms. The summed E-state index contributed by atoms with van der Waals surface area (Å²) in [4.78, 5) is 24.2. The van der Waals surface area contributed by atoms with Gasteiger partial charge in [-0.05, 0) is 24.3 Å². The van der Waals surface area contributed by atoms with Gasteiger partial charge in [0.25, 0.3) is 0 Å². The van der Waals surface area contributed by atoms with Crippen molar-refractivity contribution < 1.29 is 28.2 Å². The number of hydrogen-bond donors (Lipinski definition) is 1. The molecule has 0 bridgehead atoms. The van der Waals surface area contributed by atoms with Crippen molar-refractivity contribution in [2.75, 3.05) is 6.61 Å². The summed E-state index contributed by atoms with van der Waals surface area (Å²) in [6, 6.07) is 16.5. The number of ether oxygens (including phenoxy) is 3. The van der Waals surface area contributed by atoms with E-state index >= 15 is 0 Å². The fourth-order valence-electron chi connectivity index (χ4n) is 2.60. The first-order chi connectivity index (χ1) is 12.6. The summed E-state index contributed by atoms with van der Waals surface area (Å²) in [5.41, 5.74) is 6.19. The van der Waals surface area contributed by atoms with Crippen LogP contribution in [0.3, 0.4) is 0 Å². The Balaban J connectivity index is 1.63. The van der Waals surface area contributed by atoms with Gasteiger partial charge in [0.2, 0.25) is 0 Å². The molecule has 0 radical (unpaired) electrons. The fraction of sp³-hybridized carbons (Fsp3) is 0.263. The third-order valence-corrected chi connectivity index (χ3v) is 3.97. The highest BCUT2D eigenvalue weighted by Gasteiger charge is 2.46. The number of nitrogens with two attached hydrogens (primary N) is 1. The highest BCUT2D eigenvalue weighted by Crippen LogP contribution is 2.25. The zero-order chi connectivity index (χ0) is 18.5. The molecule has 0 spiro atoms. The van der Waals surface area contributed by atoms with E-state index in [2.05, 4.69) is 0 Å². The van der Waals surface area contributed by atoms with Crippen LogP contribution in [0.4, 0.5) is 4.39 Å². The van der Waals surface area contributed by atoms with Gasteiger partial charge in [-0.25, -0.2) is 14.0 Å². The van der Waals surface area contributed by atoms with Crippen LogP contribution in [0.1, 0.15) is 20.7 Å². The molecule has 26 heavy (non-hydrogen) atoms. The molecular formula is C19H18FNO5. The van der Waals surface area contributed by atoms with Crippen LogP contribution in [0.15, 0.2) is 60.7 Å². The Morgan fingerprint density at radius 2 is 1.50 bits per heavy atom. The number of halogens is 1. The maximum absolute atomic E-state index is 14.3. The summed E-state index contributed by atoms with van der Waals surface area (Å²) in [6.07, 6.45) is -5.23. The van der Waals surface area contributed by atoms with Crippen LogP contribution in [0.5, 0.6) is 0 Å². The molecule has 2 N–H and O–H groups in total. The monoisotopic (exact) mass is 359 g/mol. The van der Waals surface area contributed by atoms with Crippen molar-refractivity contribution in [2.24, 2.45) is 5.73 Å². The molecule has 0 aliphatic carbocycles. The van der Waals surface area contributed by atoms with Gasteiger partial charge in [0.1, 0.15) is 18.9 Å². The first kappa shape index (κ1) is 18.0. The van der Waals surface area contributed by atoms with Crippen molar-refractivity contribution in [1.82, 2.24) is 0 Å². The quantitative estimate of drug-likeness (QED) is 0.823. The van der Waals surface area contributed by atoms with Gasteiger partial charge < -0.3 is 19.9 Å². The SMILES string of the molecule is NC1O[C@H](COC(=O)c2ccccc2)[C@@H](OC(=O)c2ccccc2)[C@H]1F. The van der Waals surface area contributed by atoms with E-state index < -0.39 is 36.5 Å². The highest BCUT2D eigenvalue weighted by atomic mass is 19.1. The molecule has 1 aliphatic heterocycles. The van der Waals surface area contributed by atoms with Gasteiger partial charge in [0.15, 0.2) is 12.3 Å². The lowest BCUT2D eigenvalue weighted by atomic mass is 10.1. The van der Waals surface area contributed by atoms with Gasteiger partial charge in [0.05, 0.1) is 11.1 Å². The Labute approximate surface area is 149 Å². The number of alkyl halides is 1. The molecular weight excluding hydrogens is 341 g/mol. The Hall–Kier alpha value is -2.77. The molecule has 6 nitrogen and oxygen atoms in total. The van der Waals surface area contributed by atoms with Crippen molar-refractivity contribution in [1.29, 1.82) is 0 Å². The molecule has 136 valence electrons. The Morgan fingerprint density at radius 1 is 0.962 bits per heavy atom.